The second-order valence-corrected chi connectivity index (χ2v) is 8.34. The number of hydrogen-bond donors (Lipinski definition) is 0. The van der Waals surface area contributed by atoms with Crippen LogP contribution >= 0.6 is 11.8 Å². The third kappa shape index (κ3) is 14.4. The molecule has 0 aromatic carbocycles. The van der Waals surface area contributed by atoms with Crippen molar-refractivity contribution in [1.29, 1.82) is 0 Å². The molecule has 1 rings (SSSR count). The monoisotopic (exact) mass is 416 g/mol. The fourth-order valence-corrected chi connectivity index (χ4v) is 3.98. The molecular formula is C22H40O5S. The van der Waals surface area contributed by atoms with Gasteiger partial charge in [0.25, 0.3) is 0 Å². The Labute approximate surface area is 175 Å². The average Bonchev–Trinajstić information content (AvgIpc) is 2.72. The summed E-state index contributed by atoms with van der Waals surface area (Å²) < 4.78 is 21.7. The van der Waals surface area contributed by atoms with Gasteiger partial charge in [-0.3, -0.25) is 4.79 Å². The third-order valence-electron chi connectivity index (χ3n) is 4.64. The fourth-order valence-electron chi connectivity index (χ4n) is 3.06. The molecule has 1 aliphatic rings. The second kappa shape index (κ2) is 18.5. The SMILES string of the molecule is CCCC(CCCC/C=C\CCCCSCCC(=O)OC)OC1COCCO1. The van der Waals surface area contributed by atoms with Gasteiger partial charge >= 0.3 is 5.97 Å². The molecule has 0 aliphatic carbocycles. The van der Waals surface area contributed by atoms with E-state index in [2.05, 4.69) is 23.8 Å². The van der Waals surface area contributed by atoms with Crippen molar-refractivity contribution >= 4 is 17.7 Å². The maximum atomic E-state index is 11.0. The summed E-state index contributed by atoms with van der Waals surface area (Å²) in [6.45, 7) is 4.08. The van der Waals surface area contributed by atoms with Crippen LogP contribution in [0, 0.1) is 0 Å². The first kappa shape index (κ1) is 25.5. The van der Waals surface area contributed by atoms with Crippen LogP contribution in [0.2, 0.25) is 0 Å². The first-order valence-electron chi connectivity index (χ1n) is 10.9. The van der Waals surface area contributed by atoms with Crippen LogP contribution in [-0.4, -0.2) is 56.8 Å². The van der Waals surface area contributed by atoms with Crippen LogP contribution < -0.4 is 0 Å². The first-order chi connectivity index (χ1) is 13.8. The van der Waals surface area contributed by atoms with Crippen molar-refractivity contribution in [2.75, 3.05) is 38.4 Å². The standard InChI is InChI=1S/C22H40O5S/c1-3-12-20(27-22-19-25-15-16-26-22)13-10-8-6-4-5-7-9-11-17-28-18-14-21(23)24-2/h4-5,20,22H,3,6-19H2,1-2H3/b5-4-. The number of methoxy groups -OCH3 is 1. The molecule has 2 unspecified atom stereocenters. The summed E-state index contributed by atoms with van der Waals surface area (Å²) in [5.74, 6) is 1.88. The van der Waals surface area contributed by atoms with Crippen molar-refractivity contribution in [2.24, 2.45) is 0 Å². The lowest BCUT2D eigenvalue weighted by Gasteiger charge is -2.27. The molecule has 0 spiro atoms. The van der Waals surface area contributed by atoms with Crippen LogP contribution in [0.4, 0.5) is 0 Å². The van der Waals surface area contributed by atoms with Gasteiger partial charge in [0.2, 0.25) is 0 Å². The summed E-state index contributed by atoms with van der Waals surface area (Å²) in [7, 11) is 1.44. The minimum Gasteiger partial charge on any atom is -0.469 e. The van der Waals surface area contributed by atoms with Gasteiger partial charge < -0.3 is 18.9 Å². The molecule has 0 N–H and O–H groups in total. The van der Waals surface area contributed by atoms with Crippen molar-refractivity contribution in [3.05, 3.63) is 12.2 Å². The number of rotatable bonds is 17. The Morgan fingerprint density at radius 2 is 1.89 bits per heavy atom. The molecule has 2 atom stereocenters. The van der Waals surface area contributed by atoms with E-state index in [1.165, 1.54) is 32.8 Å². The number of allylic oxidation sites excluding steroid dienone is 2. The van der Waals surface area contributed by atoms with Crippen molar-refractivity contribution in [3.8, 4) is 0 Å². The minimum atomic E-state index is -0.177. The van der Waals surface area contributed by atoms with E-state index in [9.17, 15) is 4.79 Å². The minimum absolute atomic E-state index is 0.112. The number of carbonyl (C=O) groups excluding carboxylic acids is 1. The molecule has 0 bridgehead atoms. The topological polar surface area (TPSA) is 54.0 Å². The van der Waals surface area contributed by atoms with Gasteiger partial charge in [0.15, 0.2) is 6.29 Å². The smallest absolute Gasteiger partial charge is 0.306 e. The van der Waals surface area contributed by atoms with Crippen LogP contribution in [-0.2, 0) is 23.7 Å². The van der Waals surface area contributed by atoms with Crippen molar-refractivity contribution in [1.82, 2.24) is 0 Å². The lowest BCUT2D eigenvalue weighted by atomic mass is 10.1. The molecule has 1 fully saturated rings. The number of unbranched alkanes of at least 4 members (excludes halogenated alkanes) is 4. The molecular weight excluding hydrogens is 376 g/mol. The quantitative estimate of drug-likeness (QED) is 0.186. The predicted octanol–water partition coefficient (Wildman–Crippen LogP) is 5.13. The van der Waals surface area contributed by atoms with E-state index in [4.69, 9.17) is 14.2 Å². The van der Waals surface area contributed by atoms with E-state index >= 15 is 0 Å². The van der Waals surface area contributed by atoms with Gasteiger partial charge in [-0.1, -0.05) is 31.9 Å². The predicted molar refractivity (Wildman–Crippen MR) is 116 cm³/mol. The first-order valence-corrected chi connectivity index (χ1v) is 12.1. The van der Waals surface area contributed by atoms with Crippen LogP contribution in [0.1, 0.15) is 71.1 Å². The molecule has 1 heterocycles. The number of ether oxygens (including phenoxy) is 4. The molecule has 1 saturated heterocycles. The second-order valence-electron chi connectivity index (χ2n) is 7.11. The molecule has 5 nitrogen and oxygen atoms in total. The van der Waals surface area contributed by atoms with E-state index in [1.54, 1.807) is 0 Å². The highest BCUT2D eigenvalue weighted by molar-refractivity contribution is 7.99. The van der Waals surface area contributed by atoms with Gasteiger partial charge in [0.1, 0.15) is 0 Å². The maximum Gasteiger partial charge on any atom is 0.306 e. The summed E-state index contributed by atoms with van der Waals surface area (Å²) in [5.41, 5.74) is 0. The van der Waals surface area contributed by atoms with E-state index < -0.39 is 0 Å². The highest BCUT2D eigenvalue weighted by Gasteiger charge is 2.19. The van der Waals surface area contributed by atoms with E-state index in [-0.39, 0.29) is 18.4 Å². The van der Waals surface area contributed by atoms with Crippen molar-refractivity contribution in [2.45, 2.75) is 83.5 Å². The van der Waals surface area contributed by atoms with Gasteiger partial charge in [0.05, 0.1) is 39.5 Å². The van der Waals surface area contributed by atoms with Crippen LogP contribution in [0.3, 0.4) is 0 Å². The molecule has 28 heavy (non-hydrogen) atoms. The Hall–Kier alpha value is -0.560. The Bertz CT molecular complexity index is 396. The van der Waals surface area contributed by atoms with Gasteiger partial charge in [-0.15, -0.1) is 0 Å². The zero-order chi connectivity index (χ0) is 20.3. The van der Waals surface area contributed by atoms with Crippen molar-refractivity contribution < 1.29 is 23.7 Å². The number of thioether (sulfide) groups is 1. The maximum absolute atomic E-state index is 11.0. The van der Waals surface area contributed by atoms with E-state index in [1.807, 2.05) is 11.8 Å². The number of esters is 1. The molecule has 0 amide bonds. The molecule has 1 aliphatic heterocycles. The summed E-state index contributed by atoms with van der Waals surface area (Å²) in [6.07, 6.45) is 15.7. The summed E-state index contributed by atoms with van der Waals surface area (Å²) in [6, 6.07) is 0. The Balaban J connectivity index is 1.93. The number of carbonyl (C=O) groups is 1. The highest BCUT2D eigenvalue weighted by Crippen LogP contribution is 2.16. The molecule has 6 heteroatoms. The Kier molecular flexibility index (Phi) is 16.8. The van der Waals surface area contributed by atoms with Crippen LogP contribution in [0.15, 0.2) is 12.2 Å². The molecule has 0 saturated carbocycles. The van der Waals surface area contributed by atoms with E-state index in [0.717, 1.165) is 43.6 Å². The summed E-state index contributed by atoms with van der Waals surface area (Å²) in [5, 5.41) is 0. The average molecular weight is 417 g/mol. The molecule has 0 aromatic heterocycles. The van der Waals surface area contributed by atoms with Crippen LogP contribution in [0.25, 0.3) is 0 Å². The molecule has 0 radical (unpaired) electrons. The van der Waals surface area contributed by atoms with Crippen LogP contribution in [0.5, 0.6) is 0 Å². The number of hydrogen-bond acceptors (Lipinski definition) is 6. The summed E-state index contributed by atoms with van der Waals surface area (Å²) >= 11 is 1.84. The largest absolute Gasteiger partial charge is 0.469 e. The van der Waals surface area contributed by atoms with Crippen molar-refractivity contribution in [3.63, 3.8) is 0 Å². The van der Waals surface area contributed by atoms with Gasteiger partial charge in [-0.25, -0.2) is 0 Å². The highest BCUT2D eigenvalue weighted by atomic mass is 32.2. The zero-order valence-corrected chi connectivity index (χ0v) is 18.7. The normalized spacial score (nSPS) is 18.4. The lowest BCUT2D eigenvalue weighted by molar-refractivity contribution is -0.231. The molecule has 0 aromatic rings. The Morgan fingerprint density at radius 1 is 1.11 bits per heavy atom. The fraction of sp³-hybridized carbons (Fsp3) is 0.864. The third-order valence-corrected chi connectivity index (χ3v) is 5.71. The lowest BCUT2D eigenvalue weighted by Crippen LogP contribution is -2.34. The Morgan fingerprint density at radius 3 is 2.57 bits per heavy atom. The van der Waals surface area contributed by atoms with Gasteiger partial charge in [-0.05, 0) is 50.7 Å². The van der Waals surface area contributed by atoms with E-state index in [0.29, 0.717) is 26.2 Å². The summed E-state index contributed by atoms with van der Waals surface area (Å²) in [4.78, 5) is 11.0. The zero-order valence-electron chi connectivity index (χ0n) is 17.9. The molecule has 164 valence electrons. The van der Waals surface area contributed by atoms with Gasteiger partial charge in [0, 0.05) is 5.75 Å². The van der Waals surface area contributed by atoms with Gasteiger partial charge in [-0.2, -0.15) is 11.8 Å².